The highest BCUT2D eigenvalue weighted by atomic mass is 79.9. The number of methoxy groups -OCH3 is 1. The number of ether oxygens (including phenoxy) is 8. The zero-order valence-electron chi connectivity index (χ0n) is 31.7. The lowest BCUT2D eigenvalue weighted by Crippen LogP contribution is -2.29. The Hall–Kier alpha value is -3.17. The van der Waals surface area contributed by atoms with Crippen LogP contribution in [0.5, 0.6) is 5.75 Å². The van der Waals surface area contributed by atoms with Crippen molar-refractivity contribution in [1.82, 2.24) is 0 Å². The van der Waals surface area contributed by atoms with Crippen LogP contribution >= 0.6 is 31.9 Å². The number of aliphatic hydroxyl groups is 1. The van der Waals surface area contributed by atoms with Crippen LogP contribution in [-0.2, 0) is 45.2 Å². The fraction of sp³-hybridized carbons (Fsp3) is 0.419. The quantitative estimate of drug-likeness (QED) is 0.0490. The summed E-state index contributed by atoms with van der Waals surface area (Å²) in [5, 5.41) is 8.84. The number of carbonyl (C=O) groups is 1. The van der Waals surface area contributed by atoms with Gasteiger partial charge in [-0.1, -0.05) is 68.3 Å². The maximum Gasteiger partial charge on any atom is 0.341 e. The first-order valence-corrected chi connectivity index (χ1v) is 20.1. The third-order valence-corrected chi connectivity index (χ3v) is 10.3. The van der Waals surface area contributed by atoms with Crippen LogP contribution in [0.15, 0.2) is 81.7 Å². The average Bonchev–Trinajstić information content (AvgIpc) is 3.46. The number of benzene rings is 4. The molecule has 4 aromatic carbocycles. The van der Waals surface area contributed by atoms with Crippen molar-refractivity contribution in [3.05, 3.63) is 121 Å². The maximum atomic E-state index is 13.6. The van der Waals surface area contributed by atoms with E-state index in [0.717, 1.165) is 53.5 Å². The van der Waals surface area contributed by atoms with Crippen molar-refractivity contribution >= 4 is 37.8 Å². The van der Waals surface area contributed by atoms with E-state index >= 15 is 0 Å². The van der Waals surface area contributed by atoms with Gasteiger partial charge in [0.25, 0.3) is 0 Å². The van der Waals surface area contributed by atoms with Crippen LogP contribution in [0, 0.1) is 6.92 Å². The minimum Gasteiger partial charge on any atom is -0.490 e. The summed E-state index contributed by atoms with van der Waals surface area (Å²) in [6, 6.07) is 25.1. The van der Waals surface area contributed by atoms with E-state index in [1.165, 1.54) is 0 Å². The molecule has 5 rings (SSSR count). The van der Waals surface area contributed by atoms with Crippen LogP contribution in [0.2, 0.25) is 0 Å². The molecule has 10 nitrogen and oxygen atoms in total. The number of esters is 1. The first-order valence-electron chi connectivity index (χ1n) is 18.5. The van der Waals surface area contributed by atoms with Crippen molar-refractivity contribution < 1.29 is 47.8 Å². The highest BCUT2D eigenvalue weighted by Crippen LogP contribution is 2.57. The summed E-state index contributed by atoms with van der Waals surface area (Å²) in [5.74, 6) is -0.0428. The van der Waals surface area contributed by atoms with Gasteiger partial charge in [0.2, 0.25) is 0 Å². The fourth-order valence-electron chi connectivity index (χ4n) is 6.77. The molecule has 4 aromatic rings. The number of rotatable bonds is 24. The number of hydrogen-bond acceptors (Lipinski definition) is 10. The van der Waals surface area contributed by atoms with Gasteiger partial charge in [-0.3, -0.25) is 0 Å². The molecule has 0 heterocycles. The fourth-order valence-corrected chi connectivity index (χ4v) is 7.49. The smallest absolute Gasteiger partial charge is 0.341 e. The molecular weight excluding hydrogens is 836 g/mol. The van der Waals surface area contributed by atoms with E-state index in [1.54, 1.807) is 14.0 Å². The predicted octanol–water partition coefficient (Wildman–Crippen LogP) is 7.66. The van der Waals surface area contributed by atoms with Crippen molar-refractivity contribution in [2.24, 2.45) is 0 Å². The molecule has 55 heavy (non-hydrogen) atoms. The van der Waals surface area contributed by atoms with Crippen LogP contribution in [0.3, 0.4) is 0 Å². The molecule has 0 spiro atoms. The SMILES string of the molecule is CCOC(=O)c1cc(C2(c3ccc(COCCOCCOCCO)c(C)c3)c3cc(Br)ccc3-c3ccc(Br)cc32)ccc1OCCOCCOCCOC. The molecule has 0 aromatic heterocycles. The molecule has 0 aliphatic heterocycles. The second-order valence-electron chi connectivity index (χ2n) is 12.8. The van der Waals surface area contributed by atoms with E-state index in [-0.39, 0.29) is 19.8 Å². The van der Waals surface area contributed by atoms with Crippen LogP contribution < -0.4 is 4.74 Å². The first kappa shape index (κ1) is 43.0. The molecule has 0 radical (unpaired) electrons. The lowest BCUT2D eigenvalue weighted by Gasteiger charge is -2.35. The lowest BCUT2D eigenvalue weighted by molar-refractivity contribution is 0.00444. The van der Waals surface area contributed by atoms with E-state index in [1.807, 2.05) is 18.2 Å². The first-order chi connectivity index (χ1) is 26.8. The van der Waals surface area contributed by atoms with Gasteiger partial charge in [0.05, 0.1) is 91.3 Å². The second-order valence-corrected chi connectivity index (χ2v) is 14.6. The molecule has 0 saturated carbocycles. The van der Waals surface area contributed by atoms with E-state index in [4.69, 9.17) is 43.0 Å². The van der Waals surface area contributed by atoms with Gasteiger partial charge in [-0.2, -0.15) is 0 Å². The van der Waals surface area contributed by atoms with Gasteiger partial charge in [-0.05, 0) is 94.8 Å². The zero-order chi connectivity index (χ0) is 39.0. The molecule has 1 N–H and O–H groups in total. The Morgan fingerprint density at radius 3 is 1.78 bits per heavy atom. The van der Waals surface area contributed by atoms with E-state index in [2.05, 4.69) is 93.4 Å². The molecule has 0 saturated heterocycles. The second kappa shape index (κ2) is 21.9. The normalized spacial score (nSPS) is 12.8. The summed E-state index contributed by atoms with van der Waals surface area (Å²) in [7, 11) is 1.63. The molecule has 1 aliphatic rings. The Kier molecular flexibility index (Phi) is 17.1. The highest BCUT2D eigenvalue weighted by molar-refractivity contribution is 9.10. The molecule has 0 fully saturated rings. The Bertz CT molecular complexity index is 1800. The highest BCUT2D eigenvalue weighted by Gasteiger charge is 2.47. The van der Waals surface area contributed by atoms with E-state index < -0.39 is 11.4 Å². The standard InChI is InChI=1S/C43H50Br2O10/c1-4-54-42(47)38-26-33(7-12-41(38)55-24-23-52-20-19-50-16-15-48-3)43(39-27-34(44)8-10-36(39)37-11-9-35(45)28-40(37)43)32-6-5-31(30(2)25-32)29-53-22-21-51-18-17-49-14-13-46/h5-12,25-28,46H,4,13-24,29H2,1-3H3. The lowest BCUT2D eigenvalue weighted by atomic mass is 9.67. The monoisotopic (exact) mass is 884 g/mol. The van der Waals surface area contributed by atoms with Crippen molar-refractivity contribution in [3.8, 4) is 16.9 Å². The van der Waals surface area contributed by atoms with E-state index in [9.17, 15) is 4.79 Å². The Morgan fingerprint density at radius 2 is 1.20 bits per heavy atom. The number of fused-ring (bicyclic) bond motifs is 3. The van der Waals surface area contributed by atoms with Gasteiger partial charge in [0.1, 0.15) is 17.9 Å². The molecule has 0 unspecified atom stereocenters. The van der Waals surface area contributed by atoms with Gasteiger partial charge < -0.3 is 43.0 Å². The van der Waals surface area contributed by atoms with Gasteiger partial charge in [-0.15, -0.1) is 0 Å². The molecule has 1 aliphatic carbocycles. The Morgan fingerprint density at radius 1 is 0.655 bits per heavy atom. The summed E-state index contributed by atoms with van der Waals surface area (Å²) in [6.07, 6.45) is 0. The molecule has 296 valence electrons. The molecule has 0 bridgehead atoms. The van der Waals surface area contributed by atoms with Crippen molar-refractivity contribution in [3.63, 3.8) is 0 Å². The number of aliphatic hydroxyl groups excluding tert-OH is 1. The number of aryl methyl sites for hydroxylation is 1. The number of halogens is 2. The Labute approximate surface area is 340 Å². The van der Waals surface area contributed by atoms with Crippen LogP contribution in [0.1, 0.15) is 50.7 Å². The number of hydrogen-bond donors (Lipinski definition) is 1. The number of carbonyl (C=O) groups excluding carboxylic acids is 1. The van der Waals surface area contributed by atoms with Crippen LogP contribution in [0.25, 0.3) is 11.1 Å². The minimum atomic E-state index is -0.806. The summed E-state index contributed by atoms with van der Waals surface area (Å²) in [4.78, 5) is 13.6. The van der Waals surface area contributed by atoms with Gasteiger partial charge >= 0.3 is 5.97 Å². The van der Waals surface area contributed by atoms with Gasteiger partial charge in [0, 0.05) is 16.1 Å². The largest absolute Gasteiger partial charge is 0.490 e. The summed E-state index contributed by atoms with van der Waals surface area (Å²) in [5.41, 5.74) is 8.00. The van der Waals surface area contributed by atoms with Gasteiger partial charge in [-0.25, -0.2) is 4.79 Å². The topological polar surface area (TPSA) is 111 Å². The minimum absolute atomic E-state index is 0.00337. The third kappa shape index (κ3) is 10.8. The Balaban J connectivity index is 1.48. The molecule has 0 amide bonds. The summed E-state index contributed by atoms with van der Waals surface area (Å²) in [6.45, 7) is 9.08. The zero-order valence-corrected chi connectivity index (χ0v) is 34.9. The summed E-state index contributed by atoms with van der Waals surface area (Å²) >= 11 is 7.54. The molecular formula is C43H50Br2O10. The molecule has 0 atom stereocenters. The van der Waals surface area contributed by atoms with Crippen LogP contribution in [0.4, 0.5) is 0 Å². The average molecular weight is 887 g/mol. The third-order valence-electron chi connectivity index (χ3n) is 9.27. The van der Waals surface area contributed by atoms with Crippen molar-refractivity contribution in [2.75, 3.05) is 93.0 Å². The van der Waals surface area contributed by atoms with E-state index in [0.29, 0.717) is 84.0 Å². The van der Waals surface area contributed by atoms with Crippen molar-refractivity contribution in [2.45, 2.75) is 25.9 Å². The molecule has 12 heteroatoms. The predicted molar refractivity (Wildman–Crippen MR) is 217 cm³/mol. The maximum absolute atomic E-state index is 13.6. The van der Waals surface area contributed by atoms with Crippen molar-refractivity contribution in [1.29, 1.82) is 0 Å². The summed E-state index contributed by atoms with van der Waals surface area (Å²) < 4.78 is 46.6. The van der Waals surface area contributed by atoms with Gasteiger partial charge in [0.15, 0.2) is 0 Å². The van der Waals surface area contributed by atoms with Crippen LogP contribution in [-0.4, -0.2) is 104 Å².